The smallest absolute Gasteiger partial charge is 0.305 e. The molecule has 3 rings (SSSR count). The molecule has 0 bridgehead atoms. The Morgan fingerprint density at radius 2 is 1.54 bits per heavy atom. The van der Waals surface area contributed by atoms with E-state index in [0.717, 1.165) is 27.1 Å². The molecule has 6 N–H and O–H groups in total. The summed E-state index contributed by atoms with van der Waals surface area (Å²) in [5.74, 6) is -3.55. The van der Waals surface area contributed by atoms with Gasteiger partial charge in [-0.25, -0.2) is 0 Å². The van der Waals surface area contributed by atoms with Gasteiger partial charge in [0.05, 0.1) is 12.5 Å². The quantitative estimate of drug-likeness (QED) is 0.193. The molecule has 0 saturated heterocycles. The van der Waals surface area contributed by atoms with Crippen molar-refractivity contribution in [3.8, 4) is 21.6 Å². The average molecular weight is 550 g/mol. The second-order valence-electron chi connectivity index (χ2n) is 9.04. The molecule has 1 aromatic heterocycles. The van der Waals surface area contributed by atoms with Gasteiger partial charge in [0.1, 0.15) is 6.04 Å². The first kappa shape index (κ1) is 29.1. The molecule has 0 aliphatic rings. The fourth-order valence-electron chi connectivity index (χ4n) is 3.95. The molecule has 9 nitrogen and oxygen atoms in total. The van der Waals surface area contributed by atoms with Gasteiger partial charge in [-0.3, -0.25) is 19.2 Å². The minimum atomic E-state index is -1.25. The van der Waals surface area contributed by atoms with E-state index in [1.807, 2.05) is 42.5 Å². The van der Waals surface area contributed by atoms with Gasteiger partial charge in [-0.05, 0) is 46.5 Å². The Morgan fingerprint density at radius 1 is 0.846 bits per heavy atom. The van der Waals surface area contributed by atoms with Crippen molar-refractivity contribution >= 4 is 35.1 Å². The van der Waals surface area contributed by atoms with Crippen molar-refractivity contribution in [3.63, 3.8) is 0 Å². The zero-order valence-electron chi connectivity index (χ0n) is 21.3. The molecule has 1 unspecified atom stereocenters. The normalized spacial score (nSPS) is 12.2. The highest BCUT2D eigenvalue weighted by molar-refractivity contribution is 7.14. The molecule has 0 aliphatic carbocycles. The lowest BCUT2D eigenvalue weighted by molar-refractivity contribution is -0.139. The van der Waals surface area contributed by atoms with Crippen molar-refractivity contribution in [1.29, 1.82) is 0 Å². The molecular weight excluding hydrogens is 518 g/mol. The number of benzene rings is 2. The Kier molecular flexibility index (Phi) is 10.4. The molecule has 0 spiro atoms. The van der Waals surface area contributed by atoms with Crippen LogP contribution in [-0.2, 0) is 25.6 Å². The van der Waals surface area contributed by atoms with E-state index in [4.69, 9.17) is 15.9 Å². The molecule has 0 saturated carbocycles. The highest BCUT2D eigenvalue weighted by Gasteiger charge is 2.24. The van der Waals surface area contributed by atoms with Gasteiger partial charge in [0.2, 0.25) is 11.8 Å². The predicted octanol–water partition coefficient (Wildman–Crippen LogP) is 3.80. The molecule has 2 amide bonds. The molecule has 2 aromatic carbocycles. The van der Waals surface area contributed by atoms with Crippen LogP contribution in [0.4, 0.5) is 0 Å². The fourth-order valence-corrected chi connectivity index (χ4v) is 4.88. The van der Waals surface area contributed by atoms with Crippen LogP contribution in [0.15, 0.2) is 78.3 Å². The molecule has 3 aromatic rings. The zero-order valence-corrected chi connectivity index (χ0v) is 22.1. The summed E-state index contributed by atoms with van der Waals surface area (Å²) >= 11 is 1.67. The standard InChI is InChI=1S/C29H31N3O6S/c1-18(31-24(29(30)38)16-28(36)37)23(12-14-27(34)35)32-26(33)13-9-19-7-10-21(11-8-19)25-15-22(17-39-25)20-5-3-2-4-6-20/h2-8,10-11,15,17,23-24,31H,1,9,12-14,16H2,(H2,30,38)(H,32,33)(H,34,35)(H,36,37)/t23-,24?/m0/s1. The summed E-state index contributed by atoms with van der Waals surface area (Å²) in [7, 11) is 0. The topological polar surface area (TPSA) is 159 Å². The Balaban J connectivity index is 1.58. The number of carboxylic acids is 2. The zero-order chi connectivity index (χ0) is 28.4. The monoisotopic (exact) mass is 549 g/mol. The first-order valence-corrected chi connectivity index (χ1v) is 13.2. The molecule has 0 radical (unpaired) electrons. The van der Waals surface area contributed by atoms with E-state index < -0.39 is 36.4 Å². The van der Waals surface area contributed by atoms with Gasteiger partial charge in [0, 0.05) is 23.4 Å². The summed E-state index contributed by atoms with van der Waals surface area (Å²) in [5, 5.41) is 25.5. The SMILES string of the molecule is C=C(NC(CC(=O)O)C(N)=O)[C@H](CCC(=O)O)NC(=O)CCc1ccc(-c2cc(-c3ccccc3)cs2)cc1. The Bertz CT molecular complexity index is 1320. The number of aryl methyl sites for hydroxylation is 1. The summed E-state index contributed by atoms with van der Waals surface area (Å²) in [4.78, 5) is 47.5. The fraction of sp³-hybridized carbons (Fsp3) is 0.241. The number of thiophene rings is 1. The van der Waals surface area contributed by atoms with Gasteiger partial charge in [-0.15, -0.1) is 11.3 Å². The summed E-state index contributed by atoms with van der Waals surface area (Å²) in [6, 6.07) is 18.2. The maximum atomic E-state index is 12.7. The van der Waals surface area contributed by atoms with Gasteiger partial charge in [-0.2, -0.15) is 0 Å². The summed E-state index contributed by atoms with van der Waals surface area (Å²) in [6.45, 7) is 3.77. The third-order valence-electron chi connectivity index (χ3n) is 6.07. The lowest BCUT2D eigenvalue weighted by Gasteiger charge is -2.25. The minimum absolute atomic E-state index is 0.00589. The largest absolute Gasteiger partial charge is 0.481 e. The molecule has 10 heteroatoms. The van der Waals surface area contributed by atoms with Crippen LogP contribution in [0.5, 0.6) is 0 Å². The number of hydrogen-bond donors (Lipinski definition) is 5. The molecule has 2 atom stereocenters. The number of nitrogens with one attached hydrogen (secondary N) is 2. The Morgan fingerprint density at radius 3 is 2.15 bits per heavy atom. The average Bonchev–Trinajstić information content (AvgIpc) is 3.40. The summed E-state index contributed by atoms with van der Waals surface area (Å²) < 4.78 is 0. The highest BCUT2D eigenvalue weighted by atomic mass is 32.1. The van der Waals surface area contributed by atoms with Gasteiger partial charge < -0.3 is 26.6 Å². The van der Waals surface area contributed by atoms with Crippen LogP contribution < -0.4 is 16.4 Å². The van der Waals surface area contributed by atoms with E-state index in [0.29, 0.717) is 6.42 Å². The van der Waals surface area contributed by atoms with Gasteiger partial charge in [0.25, 0.3) is 0 Å². The van der Waals surface area contributed by atoms with E-state index in [1.165, 1.54) is 0 Å². The van der Waals surface area contributed by atoms with Crippen molar-refractivity contribution in [2.24, 2.45) is 5.73 Å². The number of rotatable bonds is 15. The second-order valence-corrected chi connectivity index (χ2v) is 9.95. The third-order valence-corrected chi connectivity index (χ3v) is 7.05. The van der Waals surface area contributed by atoms with Crippen molar-refractivity contribution in [1.82, 2.24) is 10.6 Å². The second kappa shape index (κ2) is 13.9. The van der Waals surface area contributed by atoms with Crippen molar-refractivity contribution in [3.05, 3.63) is 83.9 Å². The van der Waals surface area contributed by atoms with E-state index in [-0.39, 0.29) is 30.9 Å². The number of amides is 2. The van der Waals surface area contributed by atoms with Gasteiger partial charge >= 0.3 is 11.9 Å². The van der Waals surface area contributed by atoms with Crippen LogP contribution in [-0.4, -0.2) is 46.0 Å². The first-order chi connectivity index (χ1) is 18.6. The van der Waals surface area contributed by atoms with Gasteiger partial charge in [-0.1, -0.05) is 61.2 Å². The molecule has 0 fully saturated rings. The summed E-state index contributed by atoms with van der Waals surface area (Å²) in [5.41, 5.74) is 9.74. The number of hydrogen-bond acceptors (Lipinski definition) is 6. The van der Waals surface area contributed by atoms with Crippen LogP contribution in [0.25, 0.3) is 21.6 Å². The van der Waals surface area contributed by atoms with E-state index in [9.17, 15) is 19.2 Å². The van der Waals surface area contributed by atoms with Crippen LogP contribution >= 0.6 is 11.3 Å². The predicted molar refractivity (Wildman–Crippen MR) is 150 cm³/mol. The number of carboxylic acid groups (broad SMARTS) is 2. The van der Waals surface area contributed by atoms with Crippen molar-refractivity contribution < 1.29 is 29.4 Å². The first-order valence-electron chi connectivity index (χ1n) is 12.3. The van der Waals surface area contributed by atoms with Gasteiger partial charge in [0.15, 0.2) is 0 Å². The molecular formula is C29H31N3O6S. The number of carbonyl (C=O) groups excluding carboxylic acids is 2. The molecule has 39 heavy (non-hydrogen) atoms. The van der Waals surface area contributed by atoms with Crippen molar-refractivity contribution in [2.45, 2.75) is 44.2 Å². The maximum absolute atomic E-state index is 12.7. The Hall–Kier alpha value is -4.44. The van der Waals surface area contributed by atoms with E-state index in [1.54, 1.807) is 11.3 Å². The van der Waals surface area contributed by atoms with Crippen LogP contribution in [0, 0.1) is 0 Å². The number of carbonyl (C=O) groups is 4. The van der Waals surface area contributed by atoms with Crippen LogP contribution in [0.2, 0.25) is 0 Å². The lowest BCUT2D eigenvalue weighted by Crippen LogP contribution is -2.48. The molecule has 0 aliphatic heterocycles. The Labute approximate surface area is 230 Å². The number of aliphatic carboxylic acids is 2. The van der Waals surface area contributed by atoms with E-state index in [2.05, 4.69) is 40.8 Å². The lowest BCUT2D eigenvalue weighted by atomic mass is 10.0. The van der Waals surface area contributed by atoms with Crippen molar-refractivity contribution in [2.75, 3.05) is 0 Å². The van der Waals surface area contributed by atoms with Crippen LogP contribution in [0.1, 0.15) is 31.2 Å². The maximum Gasteiger partial charge on any atom is 0.305 e. The third kappa shape index (κ3) is 9.11. The molecule has 204 valence electrons. The highest BCUT2D eigenvalue weighted by Crippen LogP contribution is 2.32. The van der Waals surface area contributed by atoms with E-state index >= 15 is 0 Å². The van der Waals surface area contributed by atoms with Crippen LogP contribution in [0.3, 0.4) is 0 Å². The minimum Gasteiger partial charge on any atom is -0.481 e. The number of primary amides is 1. The number of nitrogens with two attached hydrogens (primary N) is 1. The molecule has 1 heterocycles. The summed E-state index contributed by atoms with van der Waals surface area (Å²) in [6.07, 6.45) is -0.237.